The van der Waals surface area contributed by atoms with E-state index in [2.05, 4.69) is 17.2 Å². The number of nitrogens with zero attached hydrogens (tertiary/aromatic N) is 3. The highest BCUT2D eigenvalue weighted by molar-refractivity contribution is 5.97. The molecule has 0 unspecified atom stereocenters. The molecular weight excluding hydrogens is 528 g/mol. The maximum absolute atomic E-state index is 13.4. The molecule has 1 aliphatic rings. The van der Waals surface area contributed by atoms with Crippen LogP contribution in [0.5, 0.6) is 5.75 Å². The van der Waals surface area contributed by atoms with E-state index in [1.54, 1.807) is 11.0 Å². The van der Waals surface area contributed by atoms with Gasteiger partial charge in [0.1, 0.15) is 17.5 Å². The quantitative estimate of drug-likeness (QED) is 0.327. The van der Waals surface area contributed by atoms with E-state index in [0.29, 0.717) is 24.7 Å². The Kier molecular flexibility index (Phi) is 12.4. The van der Waals surface area contributed by atoms with Gasteiger partial charge < -0.3 is 29.7 Å². The molecule has 2 N–H and O–H groups in total. The number of hydrogen-bond donors (Lipinski definition) is 2. The molecule has 3 rings (SSSR count). The molecule has 2 aromatic rings. The van der Waals surface area contributed by atoms with Gasteiger partial charge in [-0.25, -0.2) is 9.78 Å². The van der Waals surface area contributed by atoms with Crippen molar-refractivity contribution in [1.29, 1.82) is 0 Å². The number of benzene rings is 1. The minimum Gasteiger partial charge on any atom is -0.493 e. The molecule has 222 valence electrons. The summed E-state index contributed by atoms with van der Waals surface area (Å²) in [7, 11) is 0. The van der Waals surface area contributed by atoms with E-state index in [4.69, 9.17) is 9.47 Å². The maximum Gasteiger partial charge on any atom is 0.409 e. The predicted molar refractivity (Wildman–Crippen MR) is 153 cm³/mol. The highest BCUT2D eigenvalue weighted by Crippen LogP contribution is 2.24. The van der Waals surface area contributed by atoms with Crippen LogP contribution in [0.1, 0.15) is 62.9 Å². The van der Waals surface area contributed by atoms with Crippen LogP contribution in [-0.2, 0) is 14.3 Å². The molecule has 0 bridgehead atoms. The first-order valence-electron chi connectivity index (χ1n) is 14.3. The second-order valence-electron chi connectivity index (χ2n) is 9.88. The van der Waals surface area contributed by atoms with Crippen LogP contribution in [0.4, 0.5) is 4.79 Å². The second-order valence-corrected chi connectivity index (χ2v) is 9.88. The summed E-state index contributed by atoms with van der Waals surface area (Å²) in [4.78, 5) is 58.0. The molecule has 2 heterocycles. The Morgan fingerprint density at radius 1 is 0.951 bits per heavy atom. The van der Waals surface area contributed by atoms with Crippen LogP contribution in [0.2, 0.25) is 0 Å². The van der Waals surface area contributed by atoms with Crippen LogP contribution in [0.3, 0.4) is 0 Å². The fourth-order valence-corrected chi connectivity index (χ4v) is 4.28. The summed E-state index contributed by atoms with van der Waals surface area (Å²) in [6.45, 7) is 5.96. The smallest absolute Gasteiger partial charge is 0.409 e. The van der Waals surface area contributed by atoms with E-state index < -0.39 is 29.9 Å². The number of carbonyl (C=O) groups is 4. The number of ether oxygens (including phenoxy) is 2. The van der Waals surface area contributed by atoms with Gasteiger partial charge in [0.25, 0.3) is 5.91 Å². The zero-order chi connectivity index (χ0) is 29.6. The number of pyridine rings is 1. The number of carboxylic acid groups (broad SMARTS) is 1. The van der Waals surface area contributed by atoms with Crippen LogP contribution in [0.15, 0.2) is 42.5 Å². The fourth-order valence-electron chi connectivity index (χ4n) is 4.28. The average Bonchev–Trinajstić information content (AvgIpc) is 2.99. The van der Waals surface area contributed by atoms with Crippen LogP contribution in [0.25, 0.3) is 11.3 Å². The van der Waals surface area contributed by atoms with E-state index in [0.717, 1.165) is 31.2 Å². The monoisotopic (exact) mass is 568 g/mol. The molecule has 1 aliphatic heterocycles. The standard InChI is InChI=1S/C30H40N4O7/c1-3-5-18-40-23-20-25(22-10-8-7-9-11-22)31-26(21-23)28(37)32-24(12-13-27(35)36)29(38)33-14-16-34(17-15-33)30(39)41-19-6-4-2/h7-11,20-21,24H,3-6,12-19H2,1-2H3,(H,32,37)(H,35,36)/t24-/m0/s1. The first-order valence-corrected chi connectivity index (χ1v) is 14.3. The number of aromatic nitrogens is 1. The molecule has 11 nitrogen and oxygen atoms in total. The topological polar surface area (TPSA) is 138 Å². The van der Waals surface area contributed by atoms with E-state index in [-0.39, 0.29) is 44.7 Å². The first-order chi connectivity index (χ1) is 19.8. The van der Waals surface area contributed by atoms with Crippen molar-refractivity contribution in [1.82, 2.24) is 20.1 Å². The molecule has 3 amide bonds. The van der Waals surface area contributed by atoms with Crippen molar-refractivity contribution in [2.75, 3.05) is 39.4 Å². The number of piperazine rings is 1. The summed E-state index contributed by atoms with van der Waals surface area (Å²) in [5.41, 5.74) is 1.40. The third-order valence-electron chi connectivity index (χ3n) is 6.69. The zero-order valence-electron chi connectivity index (χ0n) is 23.8. The van der Waals surface area contributed by atoms with E-state index >= 15 is 0 Å². The molecule has 1 atom stereocenters. The minimum absolute atomic E-state index is 0.0608. The Balaban J connectivity index is 1.74. The maximum atomic E-state index is 13.4. The first kappa shape index (κ1) is 31.4. The molecule has 1 aromatic heterocycles. The predicted octanol–water partition coefficient (Wildman–Crippen LogP) is 3.97. The summed E-state index contributed by atoms with van der Waals surface area (Å²) in [5.74, 6) is -1.61. The summed E-state index contributed by atoms with van der Waals surface area (Å²) < 4.78 is 11.1. The third-order valence-corrected chi connectivity index (χ3v) is 6.69. The SMILES string of the molecule is CCCCOC(=O)N1CCN(C(=O)[C@H](CCC(=O)O)NC(=O)c2cc(OCCCC)cc(-c3ccccc3)n2)CC1. The number of amides is 3. The summed E-state index contributed by atoms with van der Waals surface area (Å²) >= 11 is 0. The van der Waals surface area contributed by atoms with Gasteiger partial charge in [-0.05, 0) is 19.3 Å². The molecular formula is C30H40N4O7. The Labute approximate surface area is 240 Å². The van der Waals surface area contributed by atoms with Gasteiger partial charge in [-0.1, -0.05) is 57.0 Å². The summed E-state index contributed by atoms with van der Waals surface area (Å²) in [5, 5.41) is 12.0. The van der Waals surface area contributed by atoms with Crippen LogP contribution < -0.4 is 10.1 Å². The van der Waals surface area contributed by atoms with Gasteiger partial charge in [-0.2, -0.15) is 0 Å². The number of carboxylic acids is 1. The number of hydrogen-bond acceptors (Lipinski definition) is 7. The van der Waals surface area contributed by atoms with Gasteiger partial charge in [0, 0.05) is 50.3 Å². The van der Waals surface area contributed by atoms with Crippen LogP contribution in [0, 0.1) is 0 Å². The van der Waals surface area contributed by atoms with Crippen molar-refractivity contribution in [2.24, 2.45) is 0 Å². The van der Waals surface area contributed by atoms with Gasteiger partial charge in [0.2, 0.25) is 5.91 Å². The summed E-state index contributed by atoms with van der Waals surface area (Å²) in [6, 6.07) is 11.6. The van der Waals surface area contributed by atoms with E-state index in [9.17, 15) is 24.3 Å². The lowest BCUT2D eigenvalue weighted by Gasteiger charge is -2.36. The Morgan fingerprint density at radius 2 is 1.61 bits per heavy atom. The van der Waals surface area contributed by atoms with Crippen LogP contribution >= 0.6 is 0 Å². The van der Waals surface area contributed by atoms with Crippen molar-refractivity contribution in [3.63, 3.8) is 0 Å². The number of nitrogens with one attached hydrogen (secondary N) is 1. The molecule has 1 fully saturated rings. The fraction of sp³-hybridized carbons (Fsp3) is 0.500. The Bertz CT molecular complexity index is 1170. The Hall–Kier alpha value is -4.15. The van der Waals surface area contributed by atoms with Crippen molar-refractivity contribution >= 4 is 23.9 Å². The lowest BCUT2D eigenvalue weighted by molar-refractivity contribution is -0.138. The molecule has 0 saturated carbocycles. The number of carbonyl (C=O) groups excluding carboxylic acids is 3. The third kappa shape index (κ3) is 9.77. The summed E-state index contributed by atoms with van der Waals surface area (Å²) in [6.07, 6.45) is 2.69. The van der Waals surface area contributed by atoms with E-state index in [1.807, 2.05) is 37.3 Å². The highest BCUT2D eigenvalue weighted by Gasteiger charge is 2.31. The Morgan fingerprint density at radius 3 is 2.27 bits per heavy atom. The molecule has 11 heteroatoms. The van der Waals surface area contributed by atoms with Gasteiger partial charge >= 0.3 is 12.1 Å². The minimum atomic E-state index is -1.08. The molecule has 0 aliphatic carbocycles. The van der Waals surface area contributed by atoms with Crippen molar-refractivity contribution < 1.29 is 33.8 Å². The van der Waals surface area contributed by atoms with Gasteiger partial charge in [0.05, 0.1) is 18.9 Å². The van der Waals surface area contributed by atoms with Crippen molar-refractivity contribution in [2.45, 2.75) is 58.4 Å². The molecule has 1 saturated heterocycles. The lowest BCUT2D eigenvalue weighted by Crippen LogP contribution is -2.56. The average molecular weight is 569 g/mol. The highest BCUT2D eigenvalue weighted by atomic mass is 16.6. The van der Waals surface area contributed by atoms with Crippen LogP contribution in [-0.4, -0.2) is 89.2 Å². The van der Waals surface area contributed by atoms with E-state index in [1.165, 1.54) is 11.0 Å². The molecule has 0 radical (unpaired) electrons. The molecule has 1 aromatic carbocycles. The second kappa shape index (κ2) is 16.2. The number of aliphatic carboxylic acids is 1. The number of unbranched alkanes of at least 4 members (excludes halogenated alkanes) is 2. The normalized spacial score (nSPS) is 13.8. The van der Waals surface area contributed by atoms with Gasteiger partial charge in [0.15, 0.2) is 0 Å². The lowest BCUT2D eigenvalue weighted by atomic mass is 10.1. The van der Waals surface area contributed by atoms with Gasteiger partial charge in [-0.3, -0.25) is 14.4 Å². The molecule has 0 spiro atoms. The molecule has 41 heavy (non-hydrogen) atoms. The number of rotatable bonds is 14. The van der Waals surface area contributed by atoms with Crippen molar-refractivity contribution in [3.8, 4) is 17.0 Å². The van der Waals surface area contributed by atoms with Crippen molar-refractivity contribution in [3.05, 3.63) is 48.2 Å². The van der Waals surface area contributed by atoms with Gasteiger partial charge in [-0.15, -0.1) is 0 Å². The zero-order valence-corrected chi connectivity index (χ0v) is 23.8. The largest absolute Gasteiger partial charge is 0.493 e.